The summed E-state index contributed by atoms with van der Waals surface area (Å²) < 4.78 is 13.1. The molecule has 1 amide bonds. The zero-order valence-corrected chi connectivity index (χ0v) is 17.9. The number of rotatable bonds is 5. The van der Waals surface area contributed by atoms with Crippen molar-refractivity contribution >= 4 is 5.91 Å². The van der Waals surface area contributed by atoms with Crippen LogP contribution in [-0.2, 0) is 6.61 Å². The standard InChI is InChI=1S/C26H27FN2O2/c1-17(2)22-5-3-4-6-24(22)18-7-9-23(20(13-18)16-30)19-11-12-29(15-19)26(31)25-10-8-21(27)14-28-25/h3-10,13-14,17,19,30H,11-12,15-16H2,1-2H3/t19-/m1/s1. The molecule has 2 heterocycles. The molecule has 5 heteroatoms. The number of aliphatic hydroxyl groups is 1. The Balaban J connectivity index is 1.57. The normalized spacial score (nSPS) is 16.2. The van der Waals surface area contributed by atoms with Gasteiger partial charge >= 0.3 is 0 Å². The minimum absolute atomic E-state index is 0.0447. The second kappa shape index (κ2) is 8.98. The molecular formula is C26H27FN2O2. The molecule has 3 aromatic rings. The van der Waals surface area contributed by atoms with E-state index in [1.165, 1.54) is 23.3 Å². The number of amides is 1. The lowest BCUT2D eigenvalue weighted by Gasteiger charge is -2.19. The molecule has 0 radical (unpaired) electrons. The number of hydrogen-bond acceptors (Lipinski definition) is 3. The van der Waals surface area contributed by atoms with E-state index in [-0.39, 0.29) is 24.1 Å². The molecule has 4 rings (SSSR count). The summed E-state index contributed by atoms with van der Waals surface area (Å²) >= 11 is 0. The molecule has 0 aliphatic carbocycles. The smallest absolute Gasteiger partial charge is 0.272 e. The minimum atomic E-state index is -0.456. The Labute approximate surface area is 182 Å². The largest absolute Gasteiger partial charge is 0.392 e. The van der Waals surface area contributed by atoms with Crippen molar-refractivity contribution in [1.29, 1.82) is 0 Å². The fourth-order valence-corrected chi connectivity index (χ4v) is 4.43. The average molecular weight is 419 g/mol. The van der Waals surface area contributed by atoms with Gasteiger partial charge in [-0.05, 0) is 58.4 Å². The first kappa shape index (κ1) is 21.2. The van der Waals surface area contributed by atoms with Gasteiger partial charge in [-0.2, -0.15) is 0 Å². The van der Waals surface area contributed by atoms with Crippen LogP contribution in [0.25, 0.3) is 11.1 Å². The zero-order valence-electron chi connectivity index (χ0n) is 17.9. The van der Waals surface area contributed by atoms with Crippen LogP contribution in [0.15, 0.2) is 60.8 Å². The predicted octanol–water partition coefficient (Wildman–Crippen LogP) is 5.13. The van der Waals surface area contributed by atoms with Crippen LogP contribution in [0.1, 0.15) is 59.3 Å². The van der Waals surface area contributed by atoms with Gasteiger partial charge in [0.05, 0.1) is 12.8 Å². The Kier molecular flexibility index (Phi) is 6.14. The van der Waals surface area contributed by atoms with E-state index in [1.807, 2.05) is 6.07 Å². The molecule has 1 fully saturated rings. The summed E-state index contributed by atoms with van der Waals surface area (Å²) in [7, 11) is 0. The number of aliphatic hydroxyl groups excluding tert-OH is 1. The van der Waals surface area contributed by atoms with Crippen LogP contribution in [0, 0.1) is 5.82 Å². The van der Waals surface area contributed by atoms with Crippen LogP contribution >= 0.6 is 0 Å². The van der Waals surface area contributed by atoms with Crippen molar-refractivity contribution in [3.63, 3.8) is 0 Å². The van der Waals surface area contributed by atoms with Crippen molar-refractivity contribution in [2.24, 2.45) is 0 Å². The van der Waals surface area contributed by atoms with Crippen LogP contribution in [0.2, 0.25) is 0 Å². The van der Waals surface area contributed by atoms with Gasteiger partial charge in [0, 0.05) is 19.0 Å². The molecule has 0 unspecified atom stereocenters. The molecule has 4 nitrogen and oxygen atoms in total. The molecule has 1 aromatic heterocycles. The Morgan fingerprint density at radius 2 is 2.00 bits per heavy atom. The van der Waals surface area contributed by atoms with Crippen LogP contribution < -0.4 is 0 Å². The number of likely N-dealkylation sites (tertiary alicyclic amines) is 1. The first-order chi connectivity index (χ1) is 15.0. The molecule has 31 heavy (non-hydrogen) atoms. The molecular weight excluding hydrogens is 391 g/mol. The molecule has 1 N–H and O–H groups in total. The molecule has 0 bridgehead atoms. The number of nitrogens with zero attached hydrogens (tertiary/aromatic N) is 2. The summed E-state index contributed by atoms with van der Waals surface area (Å²) in [6, 6.07) is 17.3. The van der Waals surface area contributed by atoms with Crippen LogP contribution in [0.3, 0.4) is 0 Å². The van der Waals surface area contributed by atoms with Gasteiger partial charge in [-0.15, -0.1) is 0 Å². The van der Waals surface area contributed by atoms with Crippen molar-refractivity contribution in [3.8, 4) is 11.1 Å². The number of carbonyl (C=O) groups excluding carboxylic acids is 1. The Morgan fingerprint density at radius 3 is 2.71 bits per heavy atom. The van der Waals surface area contributed by atoms with Crippen LogP contribution in [0.5, 0.6) is 0 Å². The maximum Gasteiger partial charge on any atom is 0.272 e. The summed E-state index contributed by atoms with van der Waals surface area (Å²) in [5.41, 5.74) is 5.79. The van der Waals surface area contributed by atoms with E-state index in [0.717, 1.165) is 29.3 Å². The average Bonchev–Trinajstić information content (AvgIpc) is 3.28. The molecule has 2 aromatic carbocycles. The minimum Gasteiger partial charge on any atom is -0.392 e. The summed E-state index contributed by atoms with van der Waals surface area (Å²) in [6.07, 6.45) is 1.89. The van der Waals surface area contributed by atoms with E-state index in [4.69, 9.17) is 0 Å². The highest BCUT2D eigenvalue weighted by molar-refractivity contribution is 5.92. The highest BCUT2D eigenvalue weighted by Gasteiger charge is 2.30. The van der Waals surface area contributed by atoms with E-state index >= 15 is 0 Å². The van der Waals surface area contributed by atoms with Gasteiger partial charge in [0.1, 0.15) is 11.5 Å². The summed E-state index contributed by atoms with van der Waals surface area (Å²) in [5.74, 6) is -0.0815. The van der Waals surface area contributed by atoms with Crippen molar-refractivity contribution < 1.29 is 14.3 Å². The number of carbonyl (C=O) groups is 1. The lowest BCUT2D eigenvalue weighted by atomic mass is 9.88. The molecule has 1 aliphatic rings. The molecule has 0 spiro atoms. The van der Waals surface area contributed by atoms with Crippen LogP contribution in [-0.4, -0.2) is 34.0 Å². The van der Waals surface area contributed by atoms with Gasteiger partial charge in [-0.25, -0.2) is 9.37 Å². The first-order valence-electron chi connectivity index (χ1n) is 10.7. The predicted molar refractivity (Wildman–Crippen MR) is 119 cm³/mol. The fraction of sp³-hybridized carbons (Fsp3) is 0.308. The first-order valence-corrected chi connectivity index (χ1v) is 10.7. The second-order valence-corrected chi connectivity index (χ2v) is 8.41. The van der Waals surface area contributed by atoms with Gasteiger partial charge in [0.25, 0.3) is 5.91 Å². The molecule has 1 atom stereocenters. The fourth-order valence-electron chi connectivity index (χ4n) is 4.43. The third kappa shape index (κ3) is 4.37. The summed E-state index contributed by atoms with van der Waals surface area (Å²) in [4.78, 5) is 18.4. The van der Waals surface area contributed by atoms with Gasteiger partial charge in [-0.1, -0.05) is 50.2 Å². The van der Waals surface area contributed by atoms with Gasteiger partial charge in [-0.3, -0.25) is 4.79 Å². The monoisotopic (exact) mass is 418 g/mol. The number of halogens is 1. The molecule has 0 saturated carbocycles. The molecule has 1 aliphatic heterocycles. The van der Waals surface area contributed by atoms with Crippen molar-refractivity contribution in [1.82, 2.24) is 9.88 Å². The summed E-state index contributed by atoms with van der Waals surface area (Å²) in [5, 5.41) is 10.1. The lowest BCUT2D eigenvalue weighted by molar-refractivity contribution is 0.0785. The van der Waals surface area contributed by atoms with Crippen molar-refractivity contribution in [2.75, 3.05) is 13.1 Å². The lowest BCUT2D eigenvalue weighted by Crippen LogP contribution is -2.29. The summed E-state index contributed by atoms with van der Waals surface area (Å²) in [6.45, 7) is 5.50. The Bertz CT molecular complexity index is 1080. The SMILES string of the molecule is CC(C)c1ccccc1-c1ccc([C@@H]2CCN(C(=O)c3ccc(F)cn3)C2)c(CO)c1. The number of hydrogen-bond donors (Lipinski definition) is 1. The molecule has 1 saturated heterocycles. The Morgan fingerprint density at radius 1 is 1.19 bits per heavy atom. The quantitative estimate of drug-likeness (QED) is 0.625. The maximum absolute atomic E-state index is 13.1. The third-order valence-corrected chi connectivity index (χ3v) is 6.07. The van der Waals surface area contributed by atoms with Gasteiger partial charge in [0.15, 0.2) is 0 Å². The van der Waals surface area contributed by atoms with E-state index in [2.05, 4.69) is 55.2 Å². The maximum atomic E-state index is 13.1. The second-order valence-electron chi connectivity index (χ2n) is 8.41. The zero-order chi connectivity index (χ0) is 22.0. The van der Waals surface area contributed by atoms with E-state index in [0.29, 0.717) is 19.0 Å². The van der Waals surface area contributed by atoms with Crippen molar-refractivity contribution in [3.05, 3.63) is 89.0 Å². The topological polar surface area (TPSA) is 53.4 Å². The number of aromatic nitrogens is 1. The number of benzene rings is 2. The van der Waals surface area contributed by atoms with Gasteiger partial charge < -0.3 is 10.0 Å². The third-order valence-electron chi connectivity index (χ3n) is 6.07. The van der Waals surface area contributed by atoms with Crippen molar-refractivity contribution in [2.45, 2.75) is 38.7 Å². The van der Waals surface area contributed by atoms with Crippen LogP contribution in [0.4, 0.5) is 4.39 Å². The Hall–Kier alpha value is -3.05. The highest BCUT2D eigenvalue weighted by atomic mass is 19.1. The van der Waals surface area contributed by atoms with E-state index < -0.39 is 5.82 Å². The highest BCUT2D eigenvalue weighted by Crippen LogP contribution is 2.35. The molecule has 160 valence electrons. The van der Waals surface area contributed by atoms with Gasteiger partial charge in [0.2, 0.25) is 0 Å². The van der Waals surface area contributed by atoms with E-state index in [9.17, 15) is 14.3 Å². The number of pyridine rings is 1. The van der Waals surface area contributed by atoms with E-state index in [1.54, 1.807) is 4.90 Å².